The smallest absolute Gasteiger partial charge is 0.316 e. The SMILES string of the molecule is C=C(C)[C@@H]1CC[C@]2(COC(=O)CBr)CC[C@]3(C)C(CCC4[C@@]5(C)CCC(=O)C(C)(C)C5CC[C@]43C)C12. The molecule has 0 radical (unpaired) electrons. The van der Waals surface area contributed by atoms with Gasteiger partial charge in [0, 0.05) is 17.3 Å². The van der Waals surface area contributed by atoms with E-state index in [1.807, 2.05) is 0 Å². The van der Waals surface area contributed by atoms with Crippen LogP contribution in [0.4, 0.5) is 0 Å². The lowest BCUT2D eigenvalue weighted by molar-refractivity contribution is -0.237. The van der Waals surface area contributed by atoms with Gasteiger partial charge in [0.2, 0.25) is 0 Å². The summed E-state index contributed by atoms with van der Waals surface area (Å²) in [6.07, 6.45) is 11.6. The van der Waals surface area contributed by atoms with Crippen molar-refractivity contribution in [3.05, 3.63) is 12.2 Å². The molecule has 5 saturated carbocycles. The van der Waals surface area contributed by atoms with Crippen LogP contribution in [0.1, 0.15) is 106 Å². The first-order valence-corrected chi connectivity index (χ1v) is 15.8. The Kier molecular flexibility index (Phi) is 6.50. The second-order valence-electron chi connectivity index (χ2n) is 15.0. The zero-order valence-electron chi connectivity index (χ0n) is 23.7. The lowest BCUT2D eigenvalue weighted by Crippen LogP contribution is -2.66. The maximum atomic E-state index is 13.0. The first-order valence-electron chi connectivity index (χ1n) is 14.7. The van der Waals surface area contributed by atoms with Crippen LogP contribution < -0.4 is 0 Å². The number of Topliss-reactive ketones (excluding diaryl/α,β-unsaturated/α-hetero) is 1. The Labute approximate surface area is 228 Å². The number of carbonyl (C=O) groups is 2. The molecule has 0 aliphatic heterocycles. The van der Waals surface area contributed by atoms with Crippen molar-refractivity contribution < 1.29 is 14.3 Å². The Morgan fingerprint density at radius 3 is 2.33 bits per heavy atom. The number of esters is 1. The number of hydrogen-bond acceptors (Lipinski definition) is 3. The number of rotatable bonds is 4. The lowest BCUT2D eigenvalue weighted by atomic mass is 9.32. The molecule has 5 aliphatic carbocycles. The summed E-state index contributed by atoms with van der Waals surface area (Å²) >= 11 is 3.29. The average Bonchev–Trinajstić information content (AvgIpc) is 3.21. The molecule has 0 saturated heterocycles. The maximum absolute atomic E-state index is 13.0. The Bertz CT molecular complexity index is 955. The zero-order chi connectivity index (χ0) is 26.3. The van der Waals surface area contributed by atoms with Crippen molar-refractivity contribution in [2.45, 2.75) is 106 Å². The standard InChI is InChI=1S/C32H49BrO3/c1-20(2)21-10-15-32(19-36-26(35)18-33)17-16-30(6)22(27(21)32)8-9-24-29(5)13-12-25(34)28(3,4)23(29)11-14-31(24,30)7/h21-24,27H,1,8-19H2,2-7H3/t21-,22?,23?,24?,27?,29-,30+,31+,32+/m0/s1. The summed E-state index contributed by atoms with van der Waals surface area (Å²) < 4.78 is 5.88. The van der Waals surface area contributed by atoms with Gasteiger partial charge < -0.3 is 4.74 Å². The molecule has 0 aromatic carbocycles. The van der Waals surface area contributed by atoms with Gasteiger partial charge in [0.05, 0.1) is 6.61 Å². The van der Waals surface area contributed by atoms with E-state index in [1.165, 1.54) is 44.1 Å². The molecule has 0 N–H and O–H groups in total. The van der Waals surface area contributed by atoms with Gasteiger partial charge in [-0.15, -0.1) is 0 Å². The van der Waals surface area contributed by atoms with E-state index < -0.39 is 0 Å². The van der Waals surface area contributed by atoms with Crippen molar-refractivity contribution in [2.24, 2.45) is 56.7 Å². The molecular formula is C32H49BrO3. The van der Waals surface area contributed by atoms with Crippen molar-refractivity contribution >= 4 is 27.7 Å². The molecule has 0 aromatic rings. The fourth-order valence-electron chi connectivity index (χ4n) is 11.6. The number of alkyl halides is 1. The highest BCUT2D eigenvalue weighted by molar-refractivity contribution is 9.09. The second-order valence-corrected chi connectivity index (χ2v) is 15.5. The fraction of sp³-hybridized carbons (Fsp3) is 0.875. The normalized spacial score (nSPS) is 49.3. The van der Waals surface area contributed by atoms with E-state index in [2.05, 4.69) is 64.1 Å². The van der Waals surface area contributed by atoms with E-state index in [9.17, 15) is 9.59 Å². The highest BCUT2D eigenvalue weighted by Crippen LogP contribution is 2.77. The Hall–Kier alpha value is -0.640. The minimum atomic E-state index is -0.191. The molecule has 0 aromatic heterocycles. The fourth-order valence-corrected chi connectivity index (χ4v) is 11.8. The molecule has 4 heteroatoms. The molecular weight excluding hydrogens is 512 g/mol. The van der Waals surface area contributed by atoms with Crippen LogP contribution in [0, 0.1) is 56.7 Å². The van der Waals surface area contributed by atoms with Gasteiger partial charge in [-0.1, -0.05) is 62.7 Å². The molecule has 0 spiro atoms. The topological polar surface area (TPSA) is 43.4 Å². The third-order valence-corrected chi connectivity index (χ3v) is 14.1. The van der Waals surface area contributed by atoms with Crippen molar-refractivity contribution in [2.75, 3.05) is 11.9 Å². The number of halogens is 1. The van der Waals surface area contributed by atoms with E-state index in [4.69, 9.17) is 4.74 Å². The van der Waals surface area contributed by atoms with E-state index >= 15 is 0 Å². The van der Waals surface area contributed by atoms with E-state index in [-0.39, 0.29) is 33.0 Å². The summed E-state index contributed by atoms with van der Waals surface area (Å²) in [5.74, 6) is 3.29. The summed E-state index contributed by atoms with van der Waals surface area (Å²) in [4.78, 5) is 25.2. The molecule has 4 unspecified atom stereocenters. The second kappa shape index (κ2) is 8.68. The monoisotopic (exact) mass is 560 g/mol. The van der Waals surface area contributed by atoms with Gasteiger partial charge in [-0.05, 0) is 111 Å². The molecule has 3 nitrogen and oxygen atoms in total. The minimum absolute atomic E-state index is 0.106. The van der Waals surface area contributed by atoms with Gasteiger partial charge in [-0.25, -0.2) is 0 Å². The predicted octanol–water partition coefficient (Wildman–Crippen LogP) is 8.15. The summed E-state index contributed by atoms with van der Waals surface area (Å²) in [7, 11) is 0. The molecule has 202 valence electrons. The van der Waals surface area contributed by atoms with Crippen LogP contribution in [0.5, 0.6) is 0 Å². The number of fused-ring (bicyclic) bond motifs is 7. The summed E-state index contributed by atoms with van der Waals surface area (Å²) in [5.41, 5.74) is 2.06. The van der Waals surface area contributed by atoms with Crippen molar-refractivity contribution in [1.82, 2.24) is 0 Å². The van der Waals surface area contributed by atoms with Gasteiger partial charge in [0.15, 0.2) is 0 Å². The van der Waals surface area contributed by atoms with Gasteiger partial charge in [0.1, 0.15) is 11.1 Å². The highest BCUT2D eigenvalue weighted by atomic mass is 79.9. The van der Waals surface area contributed by atoms with E-state index in [0.29, 0.717) is 47.4 Å². The number of hydrogen-bond donors (Lipinski definition) is 0. The first kappa shape index (κ1) is 26.9. The molecule has 0 amide bonds. The van der Waals surface area contributed by atoms with Crippen LogP contribution in [0.3, 0.4) is 0 Å². The highest BCUT2D eigenvalue weighted by Gasteiger charge is 2.71. The third kappa shape index (κ3) is 3.47. The molecule has 36 heavy (non-hydrogen) atoms. The van der Waals surface area contributed by atoms with Crippen LogP contribution in [-0.2, 0) is 14.3 Å². The third-order valence-electron chi connectivity index (χ3n) is 13.6. The van der Waals surface area contributed by atoms with Gasteiger partial charge >= 0.3 is 5.97 Å². The summed E-state index contributed by atoms with van der Waals surface area (Å²) in [6.45, 7) is 19.6. The predicted molar refractivity (Wildman–Crippen MR) is 149 cm³/mol. The quantitative estimate of drug-likeness (QED) is 0.198. The summed E-state index contributed by atoms with van der Waals surface area (Å²) in [6, 6.07) is 0. The minimum Gasteiger partial charge on any atom is -0.464 e. The van der Waals surface area contributed by atoms with Crippen LogP contribution in [0.25, 0.3) is 0 Å². The summed E-state index contributed by atoms with van der Waals surface area (Å²) in [5, 5.41) is 0.275. The maximum Gasteiger partial charge on any atom is 0.316 e. The van der Waals surface area contributed by atoms with Crippen molar-refractivity contribution in [1.29, 1.82) is 0 Å². The number of ketones is 1. The van der Waals surface area contributed by atoms with Gasteiger partial charge in [-0.2, -0.15) is 0 Å². The Morgan fingerprint density at radius 1 is 0.944 bits per heavy atom. The molecule has 5 aliphatic rings. The molecule has 0 bridgehead atoms. The largest absolute Gasteiger partial charge is 0.464 e. The van der Waals surface area contributed by atoms with E-state index in [0.717, 1.165) is 25.7 Å². The lowest BCUT2D eigenvalue weighted by Gasteiger charge is -2.72. The first-order chi connectivity index (χ1) is 16.8. The molecule has 5 rings (SSSR count). The van der Waals surface area contributed by atoms with Gasteiger partial charge in [-0.3, -0.25) is 9.59 Å². The van der Waals surface area contributed by atoms with Crippen LogP contribution in [0.2, 0.25) is 0 Å². The zero-order valence-corrected chi connectivity index (χ0v) is 25.3. The Balaban J connectivity index is 1.52. The molecule has 9 atom stereocenters. The number of carbonyl (C=O) groups excluding carboxylic acids is 2. The van der Waals surface area contributed by atoms with Gasteiger partial charge in [0.25, 0.3) is 0 Å². The van der Waals surface area contributed by atoms with Crippen molar-refractivity contribution in [3.8, 4) is 0 Å². The van der Waals surface area contributed by atoms with E-state index in [1.54, 1.807) is 0 Å². The molecule has 5 fully saturated rings. The number of ether oxygens (including phenoxy) is 1. The van der Waals surface area contributed by atoms with Crippen molar-refractivity contribution in [3.63, 3.8) is 0 Å². The molecule has 0 heterocycles. The van der Waals surface area contributed by atoms with Crippen LogP contribution in [-0.4, -0.2) is 23.7 Å². The number of allylic oxidation sites excluding steroid dienone is 1. The van der Waals surface area contributed by atoms with Crippen LogP contribution >= 0.6 is 15.9 Å². The van der Waals surface area contributed by atoms with Crippen LogP contribution in [0.15, 0.2) is 12.2 Å². The Morgan fingerprint density at radius 2 is 1.67 bits per heavy atom. The average molecular weight is 562 g/mol.